The Hall–Kier alpha value is -0.120. The van der Waals surface area contributed by atoms with Crippen molar-refractivity contribution >= 4 is 0 Å². The number of ether oxygens (including phenoxy) is 2. The first kappa shape index (κ1) is 17.9. The van der Waals surface area contributed by atoms with E-state index in [9.17, 15) is 0 Å². The largest absolute Gasteiger partial charge is 0.382 e. The predicted molar refractivity (Wildman–Crippen MR) is 85.1 cm³/mol. The van der Waals surface area contributed by atoms with E-state index in [4.69, 9.17) is 9.47 Å². The van der Waals surface area contributed by atoms with Gasteiger partial charge in [0.25, 0.3) is 0 Å². The van der Waals surface area contributed by atoms with Crippen molar-refractivity contribution in [1.29, 1.82) is 0 Å². The van der Waals surface area contributed by atoms with Gasteiger partial charge in [0.15, 0.2) is 0 Å². The number of hydrogen-bond donors (Lipinski definition) is 1. The molecule has 20 heavy (non-hydrogen) atoms. The molecule has 0 bridgehead atoms. The normalized spacial score (nSPS) is 27.8. The van der Waals surface area contributed by atoms with Gasteiger partial charge in [-0.05, 0) is 43.6 Å². The van der Waals surface area contributed by atoms with E-state index in [1.165, 1.54) is 32.1 Å². The standard InChI is InChI=1S/C17H35NO2/c1-6-10-18-15-9-8-14(17(3,4)7-2)13-16(15)20-12-11-19-5/h14-16,18H,6-13H2,1-5H3. The van der Waals surface area contributed by atoms with Gasteiger partial charge in [0, 0.05) is 13.2 Å². The van der Waals surface area contributed by atoms with Crippen molar-refractivity contribution in [3.8, 4) is 0 Å². The molecule has 3 atom stereocenters. The molecule has 0 aromatic heterocycles. The Bertz CT molecular complexity index is 255. The van der Waals surface area contributed by atoms with Crippen LogP contribution in [-0.4, -0.2) is 39.0 Å². The van der Waals surface area contributed by atoms with Gasteiger partial charge in [-0.3, -0.25) is 0 Å². The summed E-state index contributed by atoms with van der Waals surface area (Å²) in [6, 6.07) is 0.524. The first-order valence-corrected chi connectivity index (χ1v) is 8.39. The van der Waals surface area contributed by atoms with Gasteiger partial charge in [0.2, 0.25) is 0 Å². The van der Waals surface area contributed by atoms with Crippen molar-refractivity contribution in [3.05, 3.63) is 0 Å². The molecule has 1 fully saturated rings. The topological polar surface area (TPSA) is 30.5 Å². The van der Waals surface area contributed by atoms with Crippen molar-refractivity contribution in [1.82, 2.24) is 5.32 Å². The first-order chi connectivity index (χ1) is 9.55. The van der Waals surface area contributed by atoms with Gasteiger partial charge in [0.1, 0.15) is 0 Å². The third-order valence-electron chi connectivity index (χ3n) is 5.08. The number of nitrogens with one attached hydrogen (secondary N) is 1. The number of rotatable bonds is 9. The van der Waals surface area contributed by atoms with Crippen molar-refractivity contribution in [2.75, 3.05) is 26.9 Å². The third kappa shape index (κ3) is 5.34. The fourth-order valence-electron chi connectivity index (χ4n) is 3.16. The minimum absolute atomic E-state index is 0.348. The van der Waals surface area contributed by atoms with E-state index in [0.717, 1.165) is 12.5 Å². The molecule has 0 radical (unpaired) electrons. The quantitative estimate of drug-likeness (QED) is 0.656. The Morgan fingerprint density at radius 1 is 1.15 bits per heavy atom. The van der Waals surface area contributed by atoms with Crippen LogP contribution in [0, 0.1) is 11.3 Å². The van der Waals surface area contributed by atoms with Crippen LogP contribution >= 0.6 is 0 Å². The molecule has 3 heteroatoms. The summed E-state index contributed by atoms with van der Waals surface area (Å²) in [4.78, 5) is 0. The van der Waals surface area contributed by atoms with Crippen LogP contribution in [0.4, 0.5) is 0 Å². The van der Waals surface area contributed by atoms with E-state index in [-0.39, 0.29) is 0 Å². The second-order valence-electron chi connectivity index (χ2n) is 6.81. The van der Waals surface area contributed by atoms with Crippen molar-refractivity contribution in [3.63, 3.8) is 0 Å². The zero-order chi connectivity index (χ0) is 15.0. The smallest absolute Gasteiger partial charge is 0.0732 e. The van der Waals surface area contributed by atoms with Gasteiger partial charge in [-0.1, -0.05) is 34.1 Å². The molecule has 0 heterocycles. The summed E-state index contributed by atoms with van der Waals surface area (Å²) in [5, 5.41) is 3.67. The van der Waals surface area contributed by atoms with Crippen LogP contribution in [0.1, 0.15) is 59.8 Å². The second kappa shape index (κ2) is 9.01. The highest BCUT2D eigenvalue weighted by molar-refractivity contribution is 4.90. The molecule has 120 valence electrons. The van der Waals surface area contributed by atoms with Gasteiger partial charge >= 0.3 is 0 Å². The lowest BCUT2D eigenvalue weighted by Crippen LogP contribution is -2.48. The van der Waals surface area contributed by atoms with Crippen LogP contribution in [-0.2, 0) is 9.47 Å². The molecular weight excluding hydrogens is 250 g/mol. The van der Waals surface area contributed by atoms with Crippen LogP contribution in [0.15, 0.2) is 0 Å². The van der Waals surface area contributed by atoms with E-state index in [1.807, 2.05) is 0 Å². The van der Waals surface area contributed by atoms with Crippen molar-refractivity contribution < 1.29 is 9.47 Å². The lowest BCUT2D eigenvalue weighted by atomic mass is 9.68. The second-order valence-corrected chi connectivity index (χ2v) is 6.81. The van der Waals surface area contributed by atoms with Gasteiger partial charge in [-0.15, -0.1) is 0 Å². The molecule has 3 nitrogen and oxygen atoms in total. The SMILES string of the molecule is CCCNC1CCC(C(C)(C)CC)CC1OCCOC. The van der Waals surface area contributed by atoms with Crippen LogP contribution in [0.5, 0.6) is 0 Å². The van der Waals surface area contributed by atoms with E-state index < -0.39 is 0 Å². The average Bonchev–Trinajstić information content (AvgIpc) is 2.46. The molecule has 0 amide bonds. The summed E-state index contributed by atoms with van der Waals surface area (Å²) in [7, 11) is 1.74. The lowest BCUT2D eigenvalue weighted by Gasteiger charge is -2.43. The molecule has 0 spiro atoms. The van der Waals surface area contributed by atoms with Gasteiger partial charge < -0.3 is 14.8 Å². The van der Waals surface area contributed by atoms with E-state index in [2.05, 4.69) is 33.0 Å². The zero-order valence-corrected chi connectivity index (χ0v) is 14.2. The zero-order valence-electron chi connectivity index (χ0n) is 14.2. The molecule has 1 rings (SSSR count). The fourth-order valence-corrected chi connectivity index (χ4v) is 3.16. The van der Waals surface area contributed by atoms with Crippen molar-refractivity contribution in [2.24, 2.45) is 11.3 Å². The van der Waals surface area contributed by atoms with Crippen LogP contribution in [0.2, 0.25) is 0 Å². The van der Waals surface area contributed by atoms with E-state index in [1.54, 1.807) is 7.11 Å². The minimum atomic E-state index is 0.348. The molecule has 0 saturated heterocycles. The Morgan fingerprint density at radius 2 is 1.90 bits per heavy atom. The number of hydrogen-bond acceptors (Lipinski definition) is 3. The molecule has 0 aromatic rings. The molecule has 0 aliphatic heterocycles. The lowest BCUT2D eigenvalue weighted by molar-refractivity contribution is -0.0457. The maximum absolute atomic E-state index is 6.12. The van der Waals surface area contributed by atoms with E-state index in [0.29, 0.717) is 30.8 Å². The highest BCUT2D eigenvalue weighted by Gasteiger charge is 2.37. The molecule has 1 N–H and O–H groups in total. The Morgan fingerprint density at radius 3 is 2.50 bits per heavy atom. The van der Waals surface area contributed by atoms with Crippen LogP contribution < -0.4 is 5.32 Å². The van der Waals surface area contributed by atoms with E-state index >= 15 is 0 Å². The maximum Gasteiger partial charge on any atom is 0.0732 e. The third-order valence-corrected chi connectivity index (χ3v) is 5.08. The Kier molecular flexibility index (Phi) is 8.08. The number of methoxy groups -OCH3 is 1. The van der Waals surface area contributed by atoms with Crippen molar-refractivity contribution in [2.45, 2.75) is 71.9 Å². The average molecular weight is 285 g/mol. The summed E-state index contributed by atoms with van der Waals surface area (Å²) >= 11 is 0. The minimum Gasteiger partial charge on any atom is -0.382 e. The summed E-state index contributed by atoms with van der Waals surface area (Å²) in [6.45, 7) is 11.8. The van der Waals surface area contributed by atoms with Crippen LogP contribution in [0.3, 0.4) is 0 Å². The van der Waals surface area contributed by atoms with Gasteiger partial charge in [-0.2, -0.15) is 0 Å². The molecule has 1 aliphatic carbocycles. The van der Waals surface area contributed by atoms with Gasteiger partial charge in [-0.25, -0.2) is 0 Å². The summed E-state index contributed by atoms with van der Waals surface area (Å²) in [5.41, 5.74) is 0.429. The van der Waals surface area contributed by atoms with Crippen LogP contribution in [0.25, 0.3) is 0 Å². The molecule has 1 saturated carbocycles. The molecule has 1 aliphatic rings. The molecule has 0 aromatic carbocycles. The Labute approximate surface area is 125 Å². The first-order valence-electron chi connectivity index (χ1n) is 8.39. The monoisotopic (exact) mass is 285 g/mol. The van der Waals surface area contributed by atoms with Gasteiger partial charge in [0.05, 0.1) is 19.3 Å². The highest BCUT2D eigenvalue weighted by Crippen LogP contribution is 2.41. The molecular formula is C17H35NO2. The maximum atomic E-state index is 6.12. The summed E-state index contributed by atoms with van der Waals surface area (Å²) < 4.78 is 11.2. The fraction of sp³-hybridized carbons (Fsp3) is 1.00. The summed E-state index contributed by atoms with van der Waals surface area (Å²) in [5.74, 6) is 0.778. The summed E-state index contributed by atoms with van der Waals surface area (Å²) in [6.07, 6.45) is 6.53. The molecule has 3 unspecified atom stereocenters. The predicted octanol–water partition coefficient (Wildman–Crippen LogP) is 3.62. The highest BCUT2D eigenvalue weighted by atomic mass is 16.5. The Balaban J connectivity index is 2.57.